The number of carbonyl (C=O) groups excluding carboxylic acids is 1. The van der Waals surface area contributed by atoms with Gasteiger partial charge in [0.25, 0.3) is 11.6 Å². The minimum atomic E-state index is -0.516. The van der Waals surface area contributed by atoms with E-state index in [1.54, 1.807) is 18.2 Å². The number of aromatic nitrogens is 4. The molecule has 1 N–H and O–H groups in total. The zero-order valence-electron chi connectivity index (χ0n) is 13.5. The first kappa shape index (κ1) is 16.2. The first-order chi connectivity index (χ1) is 12.0. The Balaban J connectivity index is 1.91. The Morgan fingerprint density at radius 2 is 1.96 bits per heavy atom. The Morgan fingerprint density at radius 1 is 1.16 bits per heavy atom. The number of rotatable bonds is 4. The number of hydrogen-bond donors (Lipinski definition) is 1. The summed E-state index contributed by atoms with van der Waals surface area (Å²) in [6.45, 7) is 3.35. The predicted molar refractivity (Wildman–Crippen MR) is 89.7 cm³/mol. The zero-order chi connectivity index (χ0) is 18.0. The van der Waals surface area contributed by atoms with Gasteiger partial charge in [0, 0.05) is 23.3 Å². The first-order valence-corrected chi connectivity index (χ1v) is 7.37. The van der Waals surface area contributed by atoms with Gasteiger partial charge in [-0.05, 0) is 32.0 Å². The van der Waals surface area contributed by atoms with Gasteiger partial charge in [0.15, 0.2) is 5.82 Å². The highest BCUT2D eigenvalue weighted by Crippen LogP contribution is 2.22. The summed E-state index contributed by atoms with van der Waals surface area (Å²) < 4.78 is 1.43. The molecule has 9 heteroatoms. The van der Waals surface area contributed by atoms with Crippen molar-refractivity contribution in [2.75, 3.05) is 5.32 Å². The van der Waals surface area contributed by atoms with Crippen molar-refractivity contribution in [1.29, 1.82) is 0 Å². The lowest BCUT2D eigenvalue weighted by Crippen LogP contribution is -2.17. The number of amides is 1. The Labute approximate surface area is 142 Å². The Bertz CT molecular complexity index is 949. The third-order valence-corrected chi connectivity index (χ3v) is 3.63. The van der Waals surface area contributed by atoms with Crippen LogP contribution in [0.1, 0.15) is 21.6 Å². The van der Waals surface area contributed by atoms with Crippen molar-refractivity contribution >= 4 is 17.4 Å². The van der Waals surface area contributed by atoms with E-state index >= 15 is 0 Å². The van der Waals surface area contributed by atoms with Crippen LogP contribution in [0.15, 0.2) is 42.6 Å². The van der Waals surface area contributed by atoms with Crippen molar-refractivity contribution in [2.24, 2.45) is 0 Å². The van der Waals surface area contributed by atoms with Crippen LogP contribution in [0.2, 0.25) is 0 Å². The van der Waals surface area contributed by atoms with E-state index in [4.69, 9.17) is 0 Å². The van der Waals surface area contributed by atoms with E-state index in [9.17, 15) is 14.9 Å². The van der Waals surface area contributed by atoms with Crippen molar-refractivity contribution in [3.8, 4) is 5.82 Å². The van der Waals surface area contributed by atoms with Crippen LogP contribution < -0.4 is 5.32 Å². The van der Waals surface area contributed by atoms with Crippen LogP contribution >= 0.6 is 0 Å². The lowest BCUT2D eigenvalue weighted by Gasteiger charge is -2.09. The second-order valence-corrected chi connectivity index (χ2v) is 5.32. The minimum Gasteiger partial charge on any atom is -0.306 e. The quantitative estimate of drug-likeness (QED) is 0.577. The fourth-order valence-electron chi connectivity index (χ4n) is 2.34. The molecule has 0 saturated carbocycles. The van der Waals surface area contributed by atoms with E-state index in [0.717, 1.165) is 5.69 Å². The molecule has 0 atom stereocenters. The van der Waals surface area contributed by atoms with Gasteiger partial charge in [0.05, 0.1) is 16.8 Å². The van der Waals surface area contributed by atoms with Crippen LogP contribution in [-0.2, 0) is 0 Å². The number of hydrogen-bond acceptors (Lipinski definition) is 6. The molecule has 0 aliphatic carbocycles. The summed E-state index contributed by atoms with van der Waals surface area (Å²) in [4.78, 5) is 23.0. The molecular formula is C16H14N6O3. The number of nitrogens with zero attached hydrogens (tertiary/aromatic N) is 5. The normalized spacial score (nSPS) is 10.5. The van der Waals surface area contributed by atoms with Gasteiger partial charge < -0.3 is 5.32 Å². The number of carbonyl (C=O) groups is 1. The van der Waals surface area contributed by atoms with Gasteiger partial charge in [0.1, 0.15) is 5.82 Å². The molecule has 0 fully saturated rings. The predicted octanol–water partition coefficient (Wildman–Crippen LogP) is 2.44. The maximum atomic E-state index is 12.5. The molecule has 0 aliphatic heterocycles. The first-order valence-electron chi connectivity index (χ1n) is 7.37. The van der Waals surface area contributed by atoms with E-state index in [0.29, 0.717) is 17.2 Å². The number of nitro benzene ring substituents is 1. The van der Waals surface area contributed by atoms with Crippen LogP contribution in [0.3, 0.4) is 0 Å². The summed E-state index contributed by atoms with van der Waals surface area (Å²) >= 11 is 0. The highest BCUT2D eigenvalue weighted by atomic mass is 16.6. The van der Waals surface area contributed by atoms with E-state index < -0.39 is 10.8 Å². The second-order valence-electron chi connectivity index (χ2n) is 5.32. The molecule has 2 aromatic heterocycles. The summed E-state index contributed by atoms with van der Waals surface area (Å²) in [5.41, 5.74) is 1.17. The Kier molecular flexibility index (Phi) is 4.21. The smallest absolute Gasteiger partial charge is 0.273 e. The van der Waals surface area contributed by atoms with E-state index in [1.165, 1.54) is 36.0 Å². The standard InChI is InChI=1S/C16H14N6O3/c1-10-6-7-15(20-19-10)21-14(8-9-17-21)18-16(23)12-4-3-5-13(11(12)2)22(24)25/h3-9H,1-2H3,(H,18,23). The summed E-state index contributed by atoms with van der Waals surface area (Å²) in [7, 11) is 0. The molecular weight excluding hydrogens is 324 g/mol. The maximum Gasteiger partial charge on any atom is 0.273 e. The van der Waals surface area contributed by atoms with E-state index in [-0.39, 0.29) is 11.3 Å². The number of benzene rings is 1. The van der Waals surface area contributed by atoms with Crippen molar-refractivity contribution in [2.45, 2.75) is 13.8 Å². The molecule has 0 bridgehead atoms. The van der Waals surface area contributed by atoms with Crippen LogP contribution in [0.25, 0.3) is 5.82 Å². The molecule has 0 saturated heterocycles. The minimum absolute atomic E-state index is 0.106. The average Bonchev–Trinajstić information content (AvgIpc) is 3.03. The second kappa shape index (κ2) is 6.48. The number of anilines is 1. The molecule has 25 heavy (non-hydrogen) atoms. The molecule has 0 radical (unpaired) electrons. The average molecular weight is 338 g/mol. The summed E-state index contributed by atoms with van der Waals surface area (Å²) in [5.74, 6) is 0.360. The number of nitrogens with one attached hydrogen (secondary N) is 1. The Hall–Kier alpha value is -3.62. The van der Waals surface area contributed by atoms with Crippen molar-refractivity contribution in [3.63, 3.8) is 0 Å². The molecule has 126 valence electrons. The summed E-state index contributed by atoms with van der Waals surface area (Å²) in [5, 5.41) is 25.8. The third kappa shape index (κ3) is 3.20. The molecule has 2 heterocycles. The van der Waals surface area contributed by atoms with Gasteiger partial charge in [-0.1, -0.05) is 6.07 Å². The van der Waals surface area contributed by atoms with E-state index in [2.05, 4.69) is 20.6 Å². The highest BCUT2D eigenvalue weighted by Gasteiger charge is 2.19. The van der Waals surface area contributed by atoms with Gasteiger partial charge in [-0.2, -0.15) is 14.9 Å². The van der Waals surface area contributed by atoms with Gasteiger partial charge in [-0.15, -0.1) is 5.10 Å². The number of aryl methyl sites for hydroxylation is 1. The topological polar surface area (TPSA) is 116 Å². The fourth-order valence-corrected chi connectivity index (χ4v) is 2.34. The molecule has 0 aliphatic rings. The molecule has 0 spiro atoms. The molecule has 3 aromatic rings. The number of nitro groups is 1. The van der Waals surface area contributed by atoms with Gasteiger partial charge in [0.2, 0.25) is 0 Å². The van der Waals surface area contributed by atoms with Gasteiger partial charge >= 0.3 is 0 Å². The third-order valence-electron chi connectivity index (χ3n) is 3.63. The molecule has 3 rings (SSSR count). The molecule has 0 unspecified atom stereocenters. The molecule has 1 aromatic carbocycles. The SMILES string of the molecule is Cc1ccc(-n2nccc2NC(=O)c2cccc([N+](=O)[O-])c2C)nn1. The highest BCUT2D eigenvalue weighted by molar-refractivity contribution is 6.05. The lowest BCUT2D eigenvalue weighted by molar-refractivity contribution is -0.385. The van der Waals surface area contributed by atoms with E-state index in [1.807, 2.05) is 6.92 Å². The Morgan fingerprint density at radius 3 is 2.64 bits per heavy atom. The van der Waals surface area contributed by atoms with Crippen LogP contribution in [-0.4, -0.2) is 30.8 Å². The summed E-state index contributed by atoms with van der Waals surface area (Å²) in [6.07, 6.45) is 1.51. The van der Waals surface area contributed by atoms with Crippen LogP contribution in [0, 0.1) is 24.0 Å². The molecule has 9 nitrogen and oxygen atoms in total. The van der Waals surface area contributed by atoms with Gasteiger partial charge in [-0.25, -0.2) is 0 Å². The van der Waals surface area contributed by atoms with Crippen LogP contribution in [0.5, 0.6) is 0 Å². The zero-order valence-corrected chi connectivity index (χ0v) is 13.5. The van der Waals surface area contributed by atoms with Crippen molar-refractivity contribution in [1.82, 2.24) is 20.0 Å². The molecule has 1 amide bonds. The lowest BCUT2D eigenvalue weighted by atomic mass is 10.1. The monoisotopic (exact) mass is 338 g/mol. The summed E-state index contributed by atoms with van der Waals surface area (Å²) in [6, 6.07) is 9.47. The van der Waals surface area contributed by atoms with Crippen molar-refractivity contribution in [3.05, 3.63) is 69.5 Å². The van der Waals surface area contributed by atoms with Gasteiger partial charge in [-0.3, -0.25) is 14.9 Å². The van der Waals surface area contributed by atoms with Crippen molar-refractivity contribution < 1.29 is 9.72 Å². The largest absolute Gasteiger partial charge is 0.306 e. The fraction of sp³-hybridized carbons (Fsp3) is 0.125. The van der Waals surface area contributed by atoms with Crippen LogP contribution in [0.4, 0.5) is 11.5 Å². The maximum absolute atomic E-state index is 12.5.